The Labute approximate surface area is 101 Å². The van der Waals surface area contributed by atoms with Crippen LogP contribution in [0.3, 0.4) is 0 Å². The first-order valence-corrected chi connectivity index (χ1v) is 6.08. The van der Waals surface area contributed by atoms with Crippen molar-refractivity contribution in [2.45, 2.75) is 39.2 Å². The van der Waals surface area contributed by atoms with Gasteiger partial charge in [-0.3, -0.25) is 0 Å². The van der Waals surface area contributed by atoms with Gasteiger partial charge in [0.2, 0.25) is 0 Å². The molecule has 2 aromatic heterocycles. The Bertz CT molecular complexity index is 491. The van der Waals surface area contributed by atoms with Crippen LogP contribution in [0.2, 0.25) is 0 Å². The maximum Gasteiger partial charge on any atom is 0.252 e. The fraction of sp³-hybridized carbons (Fsp3) is 0.583. The summed E-state index contributed by atoms with van der Waals surface area (Å²) in [5.41, 5.74) is 2.16. The molecule has 0 aliphatic carbocycles. The first-order valence-electron chi connectivity index (χ1n) is 6.08. The maximum atomic E-state index is 4.34. The number of hydrogen-bond acceptors (Lipinski definition) is 4. The van der Waals surface area contributed by atoms with E-state index in [1.807, 2.05) is 18.5 Å². The lowest BCUT2D eigenvalue weighted by atomic mass is 10.1. The molecule has 0 spiro atoms. The standard InChI is InChI=1S/C12H19N5/c1-4-5-10(13-3)7-11-6-9(2)16-12-14-8-15-17(11)12/h6,8,10,13H,4-5,7H2,1-3H3. The van der Waals surface area contributed by atoms with Gasteiger partial charge in [0, 0.05) is 23.9 Å². The lowest BCUT2D eigenvalue weighted by molar-refractivity contribution is 0.503. The van der Waals surface area contributed by atoms with Gasteiger partial charge >= 0.3 is 0 Å². The third kappa shape index (κ3) is 2.61. The predicted octanol–water partition coefficient (Wildman–Crippen LogP) is 1.36. The minimum absolute atomic E-state index is 0.481. The molecule has 0 amide bonds. The Balaban J connectivity index is 2.30. The number of nitrogens with zero attached hydrogens (tertiary/aromatic N) is 4. The summed E-state index contributed by atoms with van der Waals surface area (Å²) in [5.74, 6) is 0.686. The van der Waals surface area contributed by atoms with E-state index in [4.69, 9.17) is 0 Å². The molecule has 2 rings (SSSR count). The molecule has 5 heteroatoms. The molecule has 92 valence electrons. The van der Waals surface area contributed by atoms with Gasteiger partial charge in [0.25, 0.3) is 5.78 Å². The van der Waals surface area contributed by atoms with Crippen molar-refractivity contribution in [1.82, 2.24) is 24.9 Å². The van der Waals surface area contributed by atoms with Crippen LogP contribution in [-0.2, 0) is 6.42 Å². The fourth-order valence-electron chi connectivity index (χ4n) is 2.10. The summed E-state index contributed by atoms with van der Waals surface area (Å²) in [5, 5.41) is 7.57. The zero-order valence-electron chi connectivity index (χ0n) is 10.6. The average molecular weight is 233 g/mol. The molecular formula is C12H19N5. The van der Waals surface area contributed by atoms with Crippen LogP contribution in [0.1, 0.15) is 31.2 Å². The summed E-state index contributed by atoms with van der Waals surface area (Å²) in [7, 11) is 2.01. The van der Waals surface area contributed by atoms with Crippen LogP contribution in [0.4, 0.5) is 0 Å². The van der Waals surface area contributed by atoms with Crippen molar-refractivity contribution < 1.29 is 0 Å². The number of rotatable bonds is 5. The quantitative estimate of drug-likeness (QED) is 0.847. The van der Waals surface area contributed by atoms with E-state index in [1.54, 1.807) is 6.33 Å². The van der Waals surface area contributed by atoms with E-state index in [-0.39, 0.29) is 0 Å². The van der Waals surface area contributed by atoms with Gasteiger partial charge in [-0.15, -0.1) is 0 Å². The topological polar surface area (TPSA) is 55.1 Å². The highest BCUT2D eigenvalue weighted by Crippen LogP contribution is 2.09. The fourth-order valence-corrected chi connectivity index (χ4v) is 2.10. The number of hydrogen-bond donors (Lipinski definition) is 1. The largest absolute Gasteiger partial charge is 0.317 e. The van der Waals surface area contributed by atoms with Gasteiger partial charge in [0.15, 0.2) is 0 Å². The second kappa shape index (κ2) is 5.23. The third-order valence-electron chi connectivity index (χ3n) is 2.95. The van der Waals surface area contributed by atoms with Gasteiger partial charge in [-0.2, -0.15) is 10.1 Å². The number of fused-ring (bicyclic) bond motifs is 1. The minimum atomic E-state index is 0.481. The zero-order chi connectivity index (χ0) is 12.3. The van der Waals surface area contributed by atoms with E-state index in [0.717, 1.165) is 24.2 Å². The lowest BCUT2D eigenvalue weighted by Crippen LogP contribution is -2.28. The van der Waals surface area contributed by atoms with Crippen molar-refractivity contribution in [2.24, 2.45) is 0 Å². The van der Waals surface area contributed by atoms with E-state index in [9.17, 15) is 0 Å². The number of likely N-dealkylation sites (N-methyl/N-ethyl adjacent to an activating group) is 1. The first-order chi connectivity index (χ1) is 8.24. The summed E-state index contributed by atoms with van der Waals surface area (Å²) < 4.78 is 1.83. The number of aromatic nitrogens is 4. The molecule has 17 heavy (non-hydrogen) atoms. The second-order valence-electron chi connectivity index (χ2n) is 4.34. The van der Waals surface area contributed by atoms with Crippen molar-refractivity contribution in [2.75, 3.05) is 7.05 Å². The Hall–Kier alpha value is -1.49. The van der Waals surface area contributed by atoms with E-state index < -0.39 is 0 Å². The SMILES string of the molecule is CCCC(Cc1cc(C)nc2ncnn12)NC. The summed E-state index contributed by atoms with van der Waals surface area (Å²) in [6.45, 7) is 4.19. The molecular weight excluding hydrogens is 214 g/mol. The lowest BCUT2D eigenvalue weighted by Gasteiger charge is -2.15. The van der Waals surface area contributed by atoms with E-state index in [0.29, 0.717) is 11.8 Å². The molecule has 0 radical (unpaired) electrons. The molecule has 1 N–H and O–H groups in total. The second-order valence-corrected chi connectivity index (χ2v) is 4.34. The van der Waals surface area contributed by atoms with Crippen LogP contribution < -0.4 is 5.32 Å². The molecule has 1 atom stereocenters. The van der Waals surface area contributed by atoms with Crippen LogP contribution in [-0.4, -0.2) is 32.7 Å². The van der Waals surface area contributed by atoms with Crippen LogP contribution in [0.25, 0.3) is 5.78 Å². The van der Waals surface area contributed by atoms with Crippen LogP contribution in [0, 0.1) is 6.92 Å². The summed E-state index contributed by atoms with van der Waals surface area (Å²) in [6.07, 6.45) is 4.84. The molecule has 0 aliphatic rings. The molecule has 2 aromatic rings. The maximum absolute atomic E-state index is 4.34. The minimum Gasteiger partial charge on any atom is -0.317 e. The van der Waals surface area contributed by atoms with Crippen LogP contribution in [0.15, 0.2) is 12.4 Å². The van der Waals surface area contributed by atoms with Crippen molar-refractivity contribution in [3.05, 3.63) is 23.8 Å². The average Bonchev–Trinajstić information content (AvgIpc) is 2.76. The van der Waals surface area contributed by atoms with Crippen molar-refractivity contribution in [3.63, 3.8) is 0 Å². The van der Waals surface area contributed by atoms with Gasteiger partial charge in [-0.05, 0) is 26.5 Å². The Morgan fingerprint density at radius 1 is 1.47 bits per heavy atom. The van der Waals surface area contributed by atoms with Gasteiger partial charge in [0.1, 0.15) is 6.33 Å². The highest BCUT2D eigenvalue weighted by molar-refractivity contribution is 5.30. The van der Waals surface area contributed by atoms with Crippen molar-refractivity contribution in [1.29, 1.82) is 0 Å². The Morgan fingerprint density at radius 3 is 3.00 bits per heavy atom. The Kier molecular flexibility index (Phi) is 3.68. The Morgan fingerprint density at radius 2 is 2.29 bits per heavy atom. The van der Waals surface area contributed by atoms with Crippen molar-refractivity contribution in [3.8, 4) is 0 Å². The molecule has 2 heterocycles. The number of aryl methyl sites for hydroxylation is 1. The molecule has 0 aliphatic heterocycles. The van der Waals surface area contributed by atoms with E-state index in [2.05, 4.69) is 33.4 Å². The monoisotopic (exact) mass is 233 g/mol. The molecule has 1 unspecified atom stereocenters. The van der Waals surface area contributed by atoms with Gasteiger partial charge in [-0.1, -0.05) is 13.3 Å². The molecule has 0 bridgehead atoms. The smallest absolute Gasteiger partial charge is 0.252 e. The van der Waals surface area contributed by atoms with Crippen molar-refractivity contribution >= 4 is 5.78 Å². The van der Waals surface area contributed by atoms with Crippen LogP contribution >= 0.6 is 0 Å². The molecule has 0 saturated heterocycles. The predicted molar refractivity (Wildman–Crippen MR) is 67.0 cm³/mol. The third-order valence-corrected chi connectivity index (χ3v) is 2.95. The molecule has 5 nitrogen and oxygen atoms in total. The normalized spacial score (nSPS) is 13.1. The highest BCUT2D eigenvalue weighted by atomic mass is 15.3. The first kappa shape index (κ1) is 12.0. The summed E-state index contributed by atoms with van der Waals surface area (Å²) >= 11 is 0. The highest BCUT2D eigenvalue weighted by Gasteiger charge is 2.11. The van der Waals surface area contributed by atoms with E-state index in [1.165, 1.54) is 6.42 Å². The van der Waals surface area contributed by atoms with E-state index >= 15 is 0 Å². The number of nitrogens with one attached hydrogen (secondary N) is 1. The van der Waals surface area contributed by atoms with Gasteiger partial charge < -0.3 is 5.32 Å². The summed E-state index contributed by atoms with van der Waals surface area (Å²) in [4.78, 5) is 8.48. The molecule has 0 aromatic carbocycles. The van der Waals surface area contributed by atoms with Crippen LogP contribution in [0.5, 0.6) is 0 Å². The zero-order valence-corrected chi connectivity index (χ0v) is 10.6. The summed E-state index contributed by atoms with van der Waals surface area (Å²) in [6, 6.07) is 2.57. The van der Waals surface area contributed by atoms with Gasteiger partial charge in [-0.25, -0.2) is 9.50 Å². The van der Waals surface area contributed by atoms with Gasteiger partial charge in [0.05, 0.1) is 0 Å². The molecule has 0 fully saturated rings. The molecule has 0 saturated carbocycles.